The highest BCUT2D eigenvalue weighted by atomic mass is 32.1. The van der Waals surface area contributed by atoms with E-state index in [1.165, 1.54) is 107 Å². The zero-order chi connectivity index (χ0) is 43.5. The monoisotopic (exact) mass is 866 g/mol. The van der Waals surface area contributed by atoms with E-state index in [1.54, 1.807) is 0 Å². The summed E-state index contributed by atoms with van der Waals surface area (Å²) < 4.78 is 7.38. The normalized spacial score (nSPS) is 12.5. The van der Waals surface area contributed by atoms with E-state index in [-0.39, 0.29) is 0 Å². The van der Waals surface area contributed by atoms with Crippen molar-refractivity contribution in [2.45, 2.75) is 0 Å². The van der Waals surface area contributed by atoms with E-state index in [0.29, 0.717) is 5.95 Å². The lowest BCUT2D eigenvalue weighted by molar-refractivity contribution is 1.01. The van der Waals surface area contributed by atoms with Crippen LogP contribution in [0, 0.1) is 0 Å². The van der Waals surface area contributed by atoms with Crippen LogP contribution in [-0.4, -0.2) is 19.1 Å². The molecule has 4 aromatic heterocycles. The van der Waals surface area contributed by atoms with Crippen LogP contribution in [0.1, 0.15) is 0 Å². The third-order valence-corrected chi connectivity index (χ3v) is 15.7. The summed E-state index contributed by atoms with van der Waals surface area (Å²) in [5.74, 6) is 0.655. The highest BCUT2D eigenvalue weighted by molar-refractivity contribution is 7.26. The Bertz CT molecular complexity index is 4810. The van der Waals surface area contributed by atoms with Crippen molar-refractivity contribution in [2.75, 3.05) is 0 Å². The number of hydrogen-bond acceptors (Lipinski definition) is 3. The van der Waals surface area contributed by atoms with Gasteiger partial charge in [-0.15, -0.1) is 11.3 Å². The first kappa shape index (κ1) is 35.7. The standard InChI is InChI=1S/C62H34N4S/c1-2-16-37-35(14-1)15-11-28-50(37)65-51-26-8-4-17-38(51)46-32-36(30-31-53(46)65)61-41-18-3-7-25-49(41)63-62(64-61)66-52-27-9-5-19-42(52)59-44-23-12-21-39-40-22-13-24-45-58(40)48(47(57(39)44)33-54(59)66)34-56-60(45)43-20-6-10-29-55(43)67-56/h1-34H. The van der Waals surface area contributed by atoms with Crippen LogP contribution in [0.2, 0.25) is 0 Å². The molecular weight excluding hydrogens is 833 g/mol. The minimum absolute atomic E-state index is 0.655. The molecule has 0 atom stereocenters. The van der Waals surface area contributed by atoms with Gasteiger partial charge in [-0.05, 0) is 103 Å². The molecule has 0 saturated heterocycles. The summed E-state index contributed by atoms with van der Waals surface area (Å²) in [5.41, 5.74) is 8.55. The van der Waals surface area contributed by atoms with Crippen LogP contribution >= 0.6 is 11.3 Å². The van der Waals surface area contributed by atoms with Gasteiger partial charge in [-0.1, -0.05) is 152 Å². The van der Waals surface area contributed by atoms with Crippen LogP contribution < -0.4 is 0 Å². The van der Waals surface area contributed by atoms with Gasteiger partial charge in [-0.3, -0.25) is 4.57 Å². The Hall–Kier alpha value is -8.64. The summed E-state index contributed by atoms with van der Waals surface area (Å²) >= 11 is 1.89. The highest BCUT2D eigenvalue weighted by Crippen LogP contribution is 2.49. The number of hydrogen-bond donors (Lipinski definition) is 0. The van der Waals surface area contributed by atoms with Crippen LogP contribution in [0.4, 0.5) is 0 Å². The molecule has 0 fully saturated rings. The topological polar surface area (TPSA) is 35.6 Å². The molecule has 16 aromatic rings. The van der Waals surface area contributed by atoms with E-state index >= 15 is 0 Å². The van der Waals surface area contributed by atoms with Gasteiger partial charge in [0.25, 0.3) is 0 Å². The fourth-order valence-electron chi connectivity index (χ4n) is 11.9. The van der Waals surface area contributed by atoms with Crippen molar-refractivity contribution in [1.82, 2.24) is 19.1 Å². The van der Waals surface area contributed by atoms with Gasteiger partial charge in [-0.2, -0.15) is 0 Å². The molecule has 0 aliphatic heterocycles. The number of fused-ring (bicyclic) bond motifs is 15. The summed E-state index contributed by atoms with van der Waals surface area (Å²) in [6, 6.07) is 75.7. The Morgan fingerprint density at radius 1 is 0.313 bits per heavy atom. The second kappa shape index (κ2) is 13.0. The van der Waals surface area contributed by atoms with E-state index in [0.717, 1.165) is 38.7 Å². The van der Waals surface area contributed by atoms with Crippen molar-refractivity contribution in [3.8, 4) is 22.9 Å². The number of para-hydroxylation sites is 3. The maximum Gasteiger partial charge on any atom is 0.235 e. The Balaban J connectivity index is 0.996. The molecule has 0 saturated carbocycles. The van der Waals surface area contributed by atoms with Gasteiger partial charge in [0.2, 0.25) is 5.95 Å². The van der Waals surface area contributed by atoms with Gasteiger partial charge >= 0.3 is 0 Å². The molecule has 4 nitrogen and oxygen atoms in total. The van der Waals surface area contributed by atoms with Crippen molar-refractivity contribution in [3.05, 3.63) is 206 Å². The van der Waals surface area contributed by atoms with Gasteiger partial charge in [0.05, 0.1) is 39.0 Å². The lowest BCUT2D eigenvalue weighted by atomic mass is 9.87. The van der Waals surface area contributed by atoms with Crippen molar-refractivity contribution in [3.63, 3.8) is 0 Å². The average Bonchev–Trinajstić information content (AvgIpc) is 4.05. The van der Waals surface area contributed by atoms with Crippen molar-refractivity contribution < 1.29 is 0 Å². The molecule has 0 aliphatic carbocycles. The fraction of sp³-hybridized carbons (Fsp3) is 0. The largest absolute Gasteiger partial charge is 0.309 e. The summed E-state index contributed by atoms with van der Waals surface area (Å²) in [7, 11) is 0. The molecule has 0 unspecified atom stereocenters. The highest BCUT2D eigenvalue weighted by Gasteiger charge is 2.24. The van der Waals surface area contributed by atoms with Gasteiger partial charge in [-0.25, -0.2) is 9.97 Å². The van der Waals surface area contributed by atoms with E-state index < -0.39 is 0 Å². The van der Waals surface area contributed by atoms with Crippen LogP contribution in [0.5, 0.6) is 0 Å². The zero-order valence-corrected chi connectivity index (χ0v) is 36.6. The van der Waals surface area contributed by atoms with Gasteiger partial charge in [0, 0.05) is 58.1 Å². The number of thiophene rings is 1. The van der Waals surface area contributed by atoms with Crippen molar-refractivity contribution in [2.24, 2.45) is 0 Å². The minimum Gasteiger partial charge on any atom is -0.309 e. The van der Waals surface area contributed by atoms with E-state index in [1.807, 2.05) is 11.3 Å². The number of aromatic nitrogens is 4. The molecular formula is C62H34N4S. The van der Waals surface area contributed by atoms with Crippen LogP contribution in [0.3, 0.4) is 0 Å². The minimum atomic E-state index is 0.655. The summed E-state index contributed by atoms with van der Waals surface area (Å²) in [5, 5.41) is 21.2. The molecule has 0 spiro atoms. The van der Waals surface area contributed by atoms with E-state index in [9.17, 15) is 0 Å². The molecule has 0 radical (unpaired) electrons. The number of rotatable bonds is 3. The molecule has 67 heavy (non-hydrogen) atoms. The third kappa shape index (κ3) is 4.70. The Kier molecular flexibility index (Phi) is 6.93. The predicted octanol–water partition coefficient (Wildman–Crippen LogP) is 17.1. The molecule has 4 heterocycles. The summed E-state index contributed by atoms with van der Waals surface area (Å²) in [4.78, 5) is 11.1. The Morgan fingerprint density at radius 3 is 1.75 bits per heavy atom. The smallest absolute Gasteiger partial charge is 0.235 e. The maximum absolute atomic E-state index is 5.66. The summed E-state index contributed by atoms with van der Waals surface area (Å²) in [6.45, 7) is 0. The molecule has 0 bridgehead atoms. The molecule has 5 heteroatoms. The molecule has 0 N–H and O–H groups in total. The first-order valence-corrected chi connectivity index (χ1v) is 23.7. The lowest BCUT2D eigenvalue weighted by Gasteiger charge is -2.17. The predicted molar refractivity (Wildman–Crippen MR) is 285 cm³/mol. The summed E-state index contributed by atoms with van der Waals surface area (Å²) in [6.07, 6.45) is 0. The fourth-order valence-corrected chi connectivity index (χ4v) is 13.1. The molecule has 0 amide bonds. The Labute approximate surface area is 386 Å². The van der Waals surface area contributed by atoms with Gasteiger partial charge < -0.3 is 4.57 Å². The number of benzene rings is 12. The molecule has 0 aliphatic rings. The van der Waals surface area contributed by atoms with Crippen LogP contribution in [-0.2, 0) is 0 Å². The van der Waals surface area contributed by atoms with Crippen LogP contribution in [0.25, 0.3) is 151 Å². The van der Waals surface area contributed by atoms with Gasteiger partial charge in [0.1, 0.15) is 0 Å². The second-order valence-corrected chi connectivity index (χ2v) is 19.1. The van der Waals surface area contributed by atoms with E-state index in [2.05, 4.69) is 215 Å². The lowest BCUT2D eigenvalue weighted by Crippen LogP contribution is -2.03. The van der Waals surface area contributed by atoms with Crippen molar-refractivity contribution in [1.29, 1.82) is 0 Å². The first-order valence-electron chi connectivity index (χ1n) is 22.9. The quantitative estimate of drug-likeness (QED) is 0.131. The SMILES string of the molecule is c1ccc2c(-n3c4ccccc4c4cc(-c5nc(-n6c7ccccc7c7c8cccc9c%10cccc%11c%12c(cc(c(cc76)c98)c%10%11)sc6ccccc6%12)nc6ccccc56)ccc43)cccc2c1. The van der Waals surface area contributed by atoms with E-state index in [4.69, 9.17) is 9.97 Å². The maximum atomic E-state index is 5.66. The van der Waals surface area contributed by atoms with Crippen LogP contribution in [0.15, 0.2) is 206 Å². The second-order valence-electron chi connectivity index (χ2n) is 18.0. The number of nitrogens with zero attached hydrogens (tertiary/aromatic N) is 4. The molecule has 308 valence electrons. The average molecular weight is 867 g/mol. The third-order valence-electron chi connectivity index (χ3n) is 14.6. The molecule has 16 rings (SSSR count). The zero-order valence-electron chi connectivity index (χ0n) is 35.8. The van der Waals surface area contributed by atoms with Gasteiger partial charge in [0.15, 0.2) is 0 Å². The molecule has 12 aromatic carbocycles. The first-order chi connectivity index (χ1) is 33.2. The Morgan fingerprint density at radius 2 is 0.910 bits per heavy atom. The van der Waals surface area contributed by atoms with Crippen molar-refractivity contribution >= 4 is 140 Å².